The van der Waals surface area contributed by atoms with Crippen LogP contribution in [-0.2, 0) is 9.53 Å². The van der Waals surface area contributed by atoms with Gasteiger partial charge < -0.3 is 18.9 Å². The van der Waals surface area contributed by atoms with Crippen LogP contribution in [0.2, 0.25) is 0 Å². The highest BCUT2D eigenvalue weighted by atomic mass is 16.6. The van der Waals surface area contributed by atoms with E-state index in [4.69, 9.17) is 18.9 Å². The van der Waals surface area contributed by atoms with Gasteiger partial charge >= 0.3 is 5.97 Å². The number of benzene rings is 2. The molecule has 0 unspecified atom stereocenters. The van der Waals surface area contributed by atoms with E-state index < -0.39 is 5.97 Å². The number of hydrogen-bond donors (Lipinski definition) is 0. The fourth-order valence-corrected chi connectivity index (χ4v) is 2.52. The third-order valence-electron chi connectivity index (χ3n) is 3.89. The molecule has 0 saturated carbocycles. The van der Waals surface area contributed by atoms with E-state index in [1.54, 1.807) is 51.7 Å². The summed E-state index contributed by atoms with van der Waals surface area (Å²) in [5, 5.41) is 0. The van der Waals surface area contributed by atoms with Crippen molar-refractivity contribution in [3.05, 3.63) is 71.4 Å². The maximum Gasteiger partial charge on any atom is 0.363 e. The van der Waals surface area contributed by atoms with Gasteiger partial charge in [-0.3, -0.25) is 0 Å². The lowest BCUT2D eigenvalue weighted by Gasteiger charge is -2.07. The van der Waals surface area contributed by atoms with Crippen LogP contribution in [0.3, 0.4) is 0 Å². The molecule has 0 spiro atoms. The molecule has 6 heteroatoms. The summed E-state index contributed by atoms with van der Waals surface area (Å²) < 4.78 is 21.0. The highest BCUT2D eigenvalue weighted by Crippen LogP contribution is 2.26. The zero-order valence-electron chi connectivity index (χ0n) is 15.3. The maximum atomic E-state index is 12.1. The first-order valence-corrected chi connectivity index (χ1v) is 8.20. The Bertz CT molecular complexity index is 921. The van der Waals surface area contributed by atoms with Crippen molar-refractivity contribution in [2.24, 2.45) is 4.99 Å². The molecule has 0 atom stereocenters. The van der Waals surface area contributed by atoms with E-state index in [-0.39, 0.29) is 11.6 Å². The molecule has 2 aromatic rings. The second kappa shape index (κ2) is 8.23. The summed E-state index contributed by atoms with van der Waals surface area (Å²) in [6, 6.07) is 12.8. The molecule has 0 radical (unpaired) electrons. The fraction of sp³-hybridized carbons (Fsp3) is 0.143. The molecule has 138 valence electrons. The highest BCUT2D eigenvalue weighted by molar-refractivity contribution is 6.11. The number of ether oxygens (including phenoxy) is 4. The predicted molar refractivity (Wildman–Crippen MR) is 102 cm³/mol. The number of nitrogens with zero attached hydrogens (tertiary/aromatic N) is 1. The van der Waals surface area contributed by atoms with Crippen molar-refractivity contribution in [3.63, 3.8) is 0 Å². The second-order valence-corrected chi connectivity index (χ2v) is 5.56. The average Bonchev–Trinajstić information content (AvgIpc) is 3.08. The Morgan fingerprint density at radius 2 is 1.67 bits per heavy atom. The number of carbonyl (C=O) groups excluding carboxylic acids is 1. The van der Waals surface area contributed by atoms with Crippen molar-refractivity contribution in [2.75, 3.05) is 21.3 Å². The van der Waals surface area contributed by atoms with Crippen molar-refractivity contribution in [2.45, 2.75) is 0 Å². The number of methoxy groups -OCH3 is 3. The van der Waals surface area contributed by atoms with Crippen molar-refractivity contribution >= 4 is 17.9 Å². The Hall–Kier alpha value is -3.54. The van der Waals surface area contributed by atoms with Gasteiger partial charge in [0.25, 0.3) is 0 Å². The van der Waals surface area contributed by atoms with E-state index in [9.17, 15) is 4.79 Å². The number of esters is 1. The smallest absolute Gasteiger partial charge is 0.363 e. The van der Waals surface area contributed by atoms with E-state index in [0.29, 0.717) is 17.1 Å². The van der Waals surface area contributed by atoms with E-state index in [0.717, 1.165) is 11.3 Å². The Morgan fingerprint density at radius 1 is 0.963 bits per heavy atom. The third-order valence-corrected chi connectivity index (χ3v) is 3.89. The Morgan fingerprint density at radius 3 is 2.33 bits per heavy atom. The maximum absolute atomic E-state index is 12.1. The minimum Gasteiger partial charge on any atom is -0.497 e. The predicted octanol–water partition coefficient (Wildman–Crippen LogP) is 3.61. The molecular weight excluding hydrogens is 346 g/mol. The standard InChI is InChI=1S/C21H19NO5/c1-24-16-11-15(12-17(13-16)25-2)20-22-18(21(23)27-20)9-6-8-14-7-4-5-10-19(14)26-3/h4-13H,1-3H3. The van der Waals surface area contributed by atoms with Gasteiger partial charge in [0.2, 0.25) is 5.90 Å². The summed E-state index contributed by atoms with van der Waals surface area (Å²) >= 11 is 0. The molecule has 0 N–H and O–H groups in total. The van der Waals surface area contributed by atoms with Gasteiger partial charge in [-0.15, -0.1) is 0 Å². The number of rotatable bonds is 6. The zero-order valence-corrected chi connectivity index (χ0v) is 15.3. The SMILES string of the molecule is COc1cc(OC)cc(C2=NC(=CC=Cc3ccccc3OC)C(=O)O2)c1. The number of para-hydroxylation sites is 1. The van der Waals surface area contributed by atoms with E-state index in [1.165, 1.54) is 0 Å². The van der Waals surface area contributed by atoms with Crippen LogP contribution in [0.25, 0.3) is 6.08 Å². The first-order chi connectivity index (χ1) is 13.1. The van der Waals surface area contributed by atoms with Gasteiger partial charge in [0, 0.05) is 17.2 Å². The van der Waals surface area contributed by atoms with Crippen molar-refractivity contribution in [3.8, 4) is 17.2 Å². The molecule has 0 saturated heterocycles. The van der Waals surface area contributed by atoms with Crippen LogP contribution in [0.5, 0.6) is 17.2 Å². The quantitative estimate of drug-likeness (QED) is 0.578. The molecule has 27 heavy (non-hydrogen) atoms. The number of allylic oxidation sites excluding steroid dienone is 2. The van der Waals surface area contributed by atoms with Crippen LogP contribution in [0.15, 0.2) is 65.3 Å². The molecule has 0 bridgehead atoms. The lowest BCUT2D eigenvalue weighted by molar-refractivity contribution is -0.130. The molecule has 0 amide bonds. The van der Waals surface area contributed by atoms with Crippen LogP contribution in [0, 0.1) is 0 Å². The Balaban J connectivity index is 1.86. The third kappa shape index (κ3) is 4.17. The van der Waals surface area contributed by atoms with Crippen LogP contribution in [0.4, 0.5) is 0 Å². The van der Waals surface area contributed by atoms with Crippen molar-refractivity contribution in [1.82, 2.24) is 0 Å². The molecule has 0 aliphatic carbocycles. The summed E-state index contributed by atoms with van der Waals surface area (Å²) in [7, 11) is 4.71. The van der Waals surface area contributed by atoms with E-state index >= 15 is 0 Å². The number of carbonyl (C=O) groups is 1. The van der Waals surface area contributed by atoms with Crippen LogP contribution in [0.1, 0.15) is 11.1 Å². The van der Waals surface area contributed by atoms with E-state index in [2.05, 4.69) is 4.99 Å². The lowest BCUT2D eigenvalue weighted by atomic mass is 10.2. The minimum absolute atomic E-state index is 0.203. The normalized spacial score (nSPS) is 15.0. The molecule has 1 aliphatic heterocycles. The van der Waals surface area contributed by atoms with Crippen LogP contribution in [-0.4, -0.2) is 33.2 Å². The number of aliphatic imine (C=N–C) groups is 1. The molecule has 2 aromatic carbocycles. The minimum atomic E-state index is -0.517. The van der Waals surface area contributed by atoms with Crippen molar-refractivity contribution in [1.29, 1.82) is 0 Å². The van der Waals surface area contributed by atoms with Crippen LogP contribution < -0.4 is 14.2 Å². The summed E-state index contributed by atoms with van der Waals surface area (Å²) in [5.74, 6) is 1.59. The van der Waals surface area contributed by atoms with Gasteiger partial charge in [0.05, 0.1) is 21.3 Å². The van der Waals surface area contributed by atoms with Gasteiger partial charge in [-0.05, 0) is 24.3 Å². The number of cyclic esters (lactones) is 1. The Labute approximate surface area is 157 Å². The number of hydrogen-bond acceptors (Lipinski definition) is 6. The fourth-order valence-electron chi connectivity index (χ4n) is 2.52. The molecule has 6 nitrogen and oxygen atoms in total. The molecule has 1 heterocycles. The van der Waals surface area contributed by atoms with E-state index in [1.807, 2.05) is 30.3 Å². The van der Waals surface area contributed by atoms with Crippen molar-refractivity contribution < 1.29 is 23.7 Å². The zero-order chi connectivity index (χ0) is 19.2. The largest absolute Gasteiger partial charge is 0.497 e. The summed E-state index contributed by atoms with van der Waals surface area (Å²) in [5.41, 5.74) is 1.69. The first-order valence-electron chi connectivity index (χ1n) is 8.20. The van der Waals surface area contributed by atoms with Gasteiger partial charge in [0.1, 0.15) is 17.2 Å². The van der Waals surface area contributed by atoms with Gasteiger partial charge in [-0.1, -0.05) is 30.4 Å². The molecule has 3 rings (SSSR count). The van der Waals surface area contributed by atoms with Crippen LogP contribution >= 0.6 is 0 Å². The average molecular weight is 365 g/mol. The molecule has 0 aromatic heterocycles. The first kappa shape index (κ1) is 18.3. The monoisotopic (exact) mass is 365 g/mol. The van der Waals surface area contributed by atoms with Gasteiger partial charge in [-0.25, -0.2) is 9.79 Å². The topological polar surface area (TPSA) is 66.3 Å². The highest BCUT2D eigenvalue weighted by Gasteiger charge is 2.24. The summed E-state index contributed by atoms with van der Waals surface area (Å²) in [6.07, 6.45) is 5.16. The molecule has 1 aliphatic rings. The summed E-state index contributed by atoms with van der Waals surface area (Å²) in [6.45, 7) is 0. The van der Waals surface area contributed by atoms with Gasteiger partial charge in [0.15, 0.2) is 5.70 Å². The second-order valence-electron chi connectivity index (χ2n) is 5.56. The lowest BCUT2D eigenvalue weighted by Crippen LogP contribution is -2.06. The Kier molecular flexibility index (Phi) is 5.56. The molecular formula is C21H19NO5. The molecule has 0 fully saturated rings. The van der Waals surface area contributed by atoms with Gasteiger partial charge in [-0.2, -0.15) is 0 Å². The summed E-state index contributed by atoms with van der Waals surface area (Å²) in [4.78, 5) is 16.4.